The van der Waals surface area contributed by atoms with Crippen LogP contribution in [0, 0.1) is 11.8 Å². The fraction of sp³-hybridized carbons (Fsp3) is 0.917. The number of hydrogen-bond donors (Lipinski definition) is 1. The summed E-state index contributed by atoms with van der Waals surface area (Å²) in [6.45, 7) is 5.69. The molecule has 0 bridgehead atoms. The van der Waals surface area contributed by atoms with Gasteiger partial charge in [0.1, 0.15) is 5.60 Å². The lowest BCUT2D eigenvalue weighted by atomic mass is 9.96. The topological polar surface area (TPSA) is 38.3 Å². The number of ether oxygens (including phenoxy) is 1. The van der Waals surface area contributed by atoms with E-state index in [-0.39, 0.29) is 11.7 Å². The number of alkyl carbamates (subject to hydrolysis) is 1. The third-order valence-electron chi connectivity index (χ3n) is 3.29. The molecule has 3 atom stereocenters. The van der Waals surface area contributed by atoms with Crippen molar-refractivity contribution in [2.75, 3.05) is 0 Å². The molecule has 0 heterocycles. The summed E-state index contributed by atoms with van der Waals surface area (Å²) in [5.41, 5.74) is -0.387. The summed E-state index contributed by atoms with van der Waals surface area (Å²) in [5.74, 6) is 1.63. The second-order valence-electron chi connectivity index (χ2n) is 5.84. The Kier molecular flexibility index (Phi) is 2.65. The Hall–Kier alpha value is -0.730. The third kappa shape index (κ3) is 2.86. The van der Waals surface area contributed by atoms with Gasteiger partial charge in [-0.25, -0.2) is 4.79 Å². The number of rotatable bonds is 1. The van der Waals surface area contributed by atoms with E-state index in [1.165, 1.54) is 19.3 Å². The second-order valence-corrected chi connectivity index (χ2v) is 5.84. The van der Waals surface area contributed by atoms with Gasteiger partial charge in [0.05, 0.1) is 0 Å². The van der Waals surface area contributed by atoms with Gasteiger partial charge in [-0.05, 0) is 45.4 Å². The predicted octanol–water partition coefficient (Wildman–Crippen LogP) is 2.70. The summed E-state index contributed by atoms with van der Waals surface area (Å²) in [6.07, 6.45) is 4.79. The minimum atomic E-state index is -0.387. The van der Waals surface area contributed by atoms with E-state index in [4.69, 9.17) is 4.74 Å². The van der Waals surface area contributed by atoms with Gasteiger partial charge < -0.3 is 10.1 Å². The molecular weight excluding hydrogens is 190 g/mol. The van der Waals surface area contributed by atoms with Crippen molar-refractivity contribution >= 4 is 6.09 Å². The first-order valence-corrected chi connectivity index (χ1v) is 5.95. The van der Waals surface area contributed by atoms with Crippen LogP contribution in [0.4, 0.5) is 4.79 Å². The van der Waals surface area contributed by atoms with Crippen molar-refractivity contribution in [3.8, 4) is 0 Å². The Morgan fingerprint density at radius 2 is 2.07 bits per heavy atom. The standard InChI is InChI=1S/C12H21NO2/c1-12(2,3)15-11(14)13-10-6-4-5-8-7-9(8)10/h8-10H,4-7H2,1-3H3,(H,13,14)/t8-,9+,10+/m1/s1. The van der Waals surface area contributed by atoms with Crippen molar-refractivity contribution < 1.29 is 9.53 Å². The first-order chi connectivity index (χ1) is 6.96. The Balaban J connectivity index is 1.79. The van der Waals surface area contributed by atoms with Crippen molar-refractivity contribution in [3.63, 3.8) is 0 Å². The molecule has 1 amide bonds. The lowest BCUT2D eigenvalue weighted by molar-refractivity contribution is 0.0488. The van der Waals surface area contributed by atoms with E-state index in [9.17, 15) is 4.79 Å². The van der Waals surface area contributed by atoms with E-state index in [0.29, 0.717) is 6.04 Å². The molecule has 0 aromatic carbocycles. The van der Waals surface area contributed by atoms with Crippen LogP contribution in [0.15, 0.2) is 0 Å². The van der Waals surface area contributed by atoms with Gasteiger partial charge in [-0.3, -0.25) is 0 Å². The van der Waals surface area contributed by atoms with Gasteiger partial charge in [0, 0.05) is 6.04 Å². The highest BCUT2D eigenvalue weighted by molar-refractivity contribution is 5.68. The molecule has 2 aliphatic carbocycles. The molecule has 3 heteroatoms. The minimum absolute atomic E-state index is 0.250. The third-order valence-corrected chi connectivity index (χ3v) is 3.29. The van der Waals surface area contributed by atoms with Crippen molar-refractivity contribution in [3.05, 3.63) is 0 Å². The average Bonchev–Trinajstić information content (AvgIpc) is 2.79. The van der Waals surface area contributed by atoms with Crippen LogP contribution in [0.5, 0.6) is 0 Å². The molecule has 3 nitrogen and oxygen atoms in total. The maximum Gasteiger partial charge on any atom is 0.407 e. The van der Waals surface area contributed by atoms with Crippen LogP contribution in [0.1, 0.15) is 46.5 Å². The molecule has 0 aromatic heterocycles. The van der Waals surface area contributed by atoms with Crippen LogP contribution in [0.25, 0.3) is 0 Å². The van der Waals surface area contributed by atoms with Gasteiger partial charge >= 0.3 is 6.09 Å². The molecule has 0 unspecified atom stereocenters. The van der Waals surface area contributed by atoms with Gasteiger partial charge in [-0.1, -0.05) is 12.8 Å². The van der Waals surface area contributed by atoms with Crippen molar-refractivity contribution in [2.45, 2.75) is 58.1 Å². The Morgan fingerprint density at radius 3 is 2.73 bits per heavy atom. The zero-order chi connectivity index (χ0) is 11.1. The van der Waals surface area contributed by atoms with Crippen LogP contribution in [0.2, 0.25) is 0 Å². The zero-order valence-corrected chi connectivity index (χ0v) is 9.88. The number of nitrogens with one attached hydrogen (secondary N) is 1. The normalized spacial score (nSPS) is 34.2. The zero-order valence-electron chi connectivity index (χ0n) is 9.88. The maximum absolute atomic E-state index is 11.6. The van der Waals surface area contributed by atoms with Crippen LogP contribution in [-0.2, 0) is 4.74 Å². The molecule has 2 fully saturated rings. The molecule has 0 spiro atoms. The van der Waals surface area contributed by atoms with Crippen LogP contribution in [-0.4, -0.2) is 17.7 Å². The van der Waals surface area contributed by atoms with Gasteiger partial charge in [0.25, 0.3) is 0 Å². The molecule has 1 N–H and O–H groups in total. The Labute approximate surface area is 91.6 Å². The molecule has 86 valence electrons. The first kappa shape index (κ1) is 10.8. The quantitative estimate of drug-likeness (QED) is 0.724. The van der Waals surface area contributed by atoms with E-state index < -0.39 is 0 Å². The minimum Gasteiger partial charge on any atom is -0.444 e. The van der Waals surface area contributed by atoms with E-state index in [1.54, 1.807) is 0 Å². The molecular formula is C12H21NO2. The number of carbonyl (C=O) groups is 1. The smallest absolute Gasteiger partial charge is 0.407 e. The molecule has 2 rings (SSSR count). The highest BCUT2D eigenvalue weighted by Crippen LogP contribution is 2.49. The van der Waals surface area contributed by atoms with Gasteiger partial charge in [0.2, 0.25) is 0 Å². The van der Waals surface area contributed by atoms with E-state index in [1.807, 2.05) is 20.8 Å². The number of hydrogen-bond acceptors (Lipinski definition) is 2. The summed E-state index contributed by atoms with van der Waals surface area (Å²) in [4.78, 5) is 11.6. The van der Waals surface area contributed by atoms with E-state index >= 15 is 0 Å². The van der Waals surface area contributed by atoms with Crippen LogP contribution in [0.3, 0.4) is 0 Å². The number of carbonyl (C=O) groups excluding carboxylic acids is 1. The lowest BCUT2D eigenvalue weighted by Crippen LogP contribution is -2.41. The van der Waals surface area contributed by atoms with Gasteiger partial charge in [-0.2, -0.15) is 0 Å². The average molecular weight is 211 g/mol. The molecule has 15 heavy (non-hydrogen) atoms. The summed E-state index contributed by atoms with van der Waals surface area (Å²) in [5, 5.41) is 3.01. The number of fused-ring (bicyclic) bond motifs is 1. The fourth-order valence-corrected chi connectivity index (χ4v) is 2.55. The van der Waals surface area contributed by atoms with Crippen molar-refractivity contribution in [1.29, 1.82) is 0 Å². The van der Waals surface area contributed by atoms with Gasteiger partial charge in [-0.15, -0.1) is 0 Å². The molecule has 2 aliphatic rings. The number of amides is 1. The van der Waals surface area contributed by atoms with E-state index in [2.05, 4.69) is 5.32 Å². The van der Waals surface area contributed by atoms with E-state index in [0.717, 1.165) is 18.3 Å². The Morgan fingerprint density at radius 1 is 1.33 bits per heavy atom. The maximum atomic E-state index is 11.6. The van der Waals surface area contributed by atoms with Gasteiger partial charge in [0.15, 0.2) is 0 Å². The molecule has 0 aliphatic heterocycles. The van der Waals surface area contributed by atoms with Crippen molar-refractivity contribution in [2.24, 2.45) is 11.8 Å². The van der Waals surface area contributed by atoms with Crippen LogP contribution < -0.4 is 5.32 Å². The SMILES string of the molecule is CC(C)(C)OC(=O)N[C@H]1CCC[C@@H]2C[C@@H]21. The summed E-state index contributed by atoms with van der Waals surface area (Å²) in [7, 11) is 0. The van der Waals surface area contributed by atoms with Crippen LogP contribution >= 0.6 is 0 Å². The summed E-state index contributed by atoms with van der Waals surface area (Å²) >= 11 is 0. The highest BCUT2D eigenvalue weighted by Gasteiger charge is 2.45. The second kappa shape index (κ2) is 3.69. The monoisotopic (exact) mass is 211 g/mol. The molecule has 0 aromatic rings. The molecule has 2 saturated carbocycles. The van der Waals surface area contributed by atoms with Crippen molar-refractivity contribution in [1.82, 2.24) is 5.32 Å². The highest BCUT2D eigenvalue weighted by atomic mass is 16.6. The molecule has 0 saturated heterocycles. The lowest BCUT2D eigenvalue weighted by Gasteiger charge is -2.25. The largest absolute Gasteiger partial charge is 0.444 e. The first-order valence-electron chi connectivity index (χ1n) is 5.95. The fourth-order valence-electron chi connectivity index (χ4n) is 2.55. The summed E-state index contributed by atoms with van der Waals surface area (Å²) < 4.78 is 5.26. The molecule has 0 radical (unpaired) electrons. The summed E-state index contributed by atoms with van der Waals surface area (Å²) in [6, 6.07) is 0.374. The Bertz CT molecular complexity index is 257. The predicted molar refractivity (Wildman–Crippen MR) is 58.6 cm³/mol.